The molecule has 0 fully saturated rings. The molecule has 1 atom stereocenters. The Morgan fingerprint density at radius 2 is 1.27 bits per heavy atom. The van der Waals surface area contributed by atoms with E-state index in [1.165, 1.54) is 6.08 Å². The minimum Gasteiger partial charge on any atom is -0.466 e. The Hall–Kier alpha value is 0.528. The molecule has 0 aliphatic carbocycles. The second kappa shape index (κ2) is 12.2. The van der Waals surface area contributed by atoms with E-state index < -0.39 is 62.6 Å². The molecule has 1 unspecified atom stereocenters. The summed E-state index contributed by atoms with van der Waals surface area (Å²) in [5.74, 6) is -2.37. The fraction of sp³-hybridized carbons (Fsp3) is 0.842. The zero-order chi connectivity index (χ0) is 26.5. The number of carbonyl (C=O) groups is 1. The molecule has 0 amide bonds. The number of hydrogen-bond donors (Lipinski definition) is 0. The number of carbonyl (C=O) groups excluding carboxylic acids is 1. The van der Waals surface area contributed by atoms with Crippen LogP contribution in [0.5, 0.6) is 0 Å². The Morgan fingerprint density at radius 1 is 0.879 bits per heavy atom. The maximum atomic E-state index is 12.5. The van der Waals surface area contributed by atoms with Crippen molar-refractivity contribution in [2.75, 3.05) is 0 Å². The van der Waals surface area contributed by atoms with Gasteiger partial charge in [0.15, 0.2) is 42.6 Å². The summed E-state index contributed by atoms with van der Waals surface area (Å²) in [5.41, 5.74) is 0. The molecule has 0 aromatic carbocycles. The molecule has 0 aliphatic heterocycles. The molecule has 0 saturated carbocycles. The molecule has 7 nitrogen and oxygen atoms in total. The van der Waals surface area contributed by atoms with Crippen molar-refractivity contribution in [3.63, 3.8) is 0 Å². The van der Waals surface area contributed by atoms with Gasteiger partial charge in [-0.05, 0) is 84.6 Å². The Bertz CT molecular complexity index is 617. The summed E-state index contributed by atoms with van der Waals surface area (Å²) in [6.07, 6.45) is 1.17. The molecule has 0 rings (SSSR count). The van der Waals surface area contributed by atoms with E-state index in [1.54, 1.807) is 0 Å². The second-order valence-electron chi connectivity index (χ2n) is 12.5. The Morgan fingerprint density at radius 3 is 1.55 bits per heavy atom. The van der Waals surface area contributed by atoms with Crippen LogP contribution < -0.4 is 0 Å². The van der Waals surface area contributed by atoms with Crippen molar-refractivity contribution in [2.24, 2.45) is 5.92 Å². The molecule has 0 N–H and O–H groups in total. The van der Waals surface area contributed by atoms with Crippen LogP contribution in [0.2, 0.25) is 84.6 Å². The summed E-state index contributed by atoms with van der Waals surface area (Å²) >= 11 is 0. The highest BCUT2D eigenvalue weighted by Gasteiger charge is 2.55. The topological polar surface area (TPSA) is 72.5 Å². The summed E-state index contributed by atoms with van der Waals surface area (Å²) in [5, 5.41) is 0. The van der Waals surface area contributed by atoms with Gasteiger partial charge in [0.2, 0.25) is 0 Å². The van der Waals surface area contributed by atoms with Crippen LogP contribution >= 0.6 is 0 Å². The third-order valence-electron chi connectivity index (χ3n) is 3.88. The standard InChI is InChI=1S/C19H50O7Si7/c1-15-18(20)21-19(22-29(3,4)5,23-30(6,7)8)17(2)16-33(28-24-27,25-31(9,10)11)26-32(12,13)14/h15,17H,1,16,28H2,2-14,27H3. The van der Waals surface area contributed by atoms with Crippen molar-refractivity contribution in [3.8, 4) is 0 Å². The highest BCUT2D eigenvalue weighted by Crippen LogP contribution is 2.39. The molecular formula is C19H50O7Si7. The molecule has 14 heteroatoms. The number of rotatable bonds is 15. The monoisotopic (exact) mass is 586 g/mol. The van der Waals surface area contributed by atoms with E-state index in [0.29, 0.717) is 16.5 Å². The van der Waals surface area contributed by atoms with E-state index in [2.05, 4.69) is 85.1 Å². The maximum absolute atomic E-state index is 12.5. The zero-order valence-electron chi connectivity index (χ0n) is 23.6. The smallest absolute Gasteiger partial charge is 0.334 e. The van der Waals surface area contributed by atoms with Gasteiger partial charge in [0.05, 0.1) is 5.92 Å². The molecule has 0 spiro atoms. The summed E-state index contributed by atoms with van der Waals surface area (Å²) < 4.78 is 38.9. The number of hydrogen-bond acceptors (Lipinski definition) is 7. The van der Waals surface area contributed by atoms with Crippen LogP contribution in [0, 0.1) is 5.92 Å². The fourth-order valence-electron chi connectivity index (χ4n) is 3.55. The van der Waals surface area contributed by atoms with Crippen LogP contribution in [-0.4, -0.2) is 73.1 Å². The van der Waals surface area contributed by atoms with Gasteiger partial charge in [0.1, 0.15) is 10.5 Å². The molecule has 33 heavy (non-hydrogen) atoms. The second-order valence-corrected chi connectivity index (χ2v) is 40.4. The number of ether oxygens (including phenoxy) is 1. The van der Waals surface area contributed by atoms with E-state index in [1.807, 2.05) is 6.92 Å². The Kier molecular flexibility index (Phi) is 12.4. The van der Waals surface area contributed by atoms with Gasteiger partial charge in [0.25, 0.3) is 0 Å². The first-order chi connectivity index (χ1) is 14.5. The van der Waals surface area contributed by atoms with Gasteiger partial charge in [-0.3, -0.25) is 0 Å². The predicted octanol–water partition coefficient (Wildman–Crippen LogP) is 3.73. The molecule has 0 radical (unpaired) electrons. The largest absolute Gasteiger partial charge is 0.466 e. The fourth-order valence-corrected chi connectivity index (χ4v) is 34.0. The molecule has 0 aromatic heterocycles. The molecule has 0 saturated heterocycles. The quantitative estimate of drug-likeness (QED) is 0.125. The SMILES string of the molecule is C=CC(=O)OC(O[Si](C)(C)C)(O[Si](C)(C)C)C(C)C[Si](O[Si](C)(C)C)(O[Si](C)(C)C)[SiH2]O[SiH3]. The summed E-state index contributed by atoms with van der Waals surface area (Å²) in [6.45, 7) is 31.2. The van der Waals surface area contributed by atoms with Crippen molar-refractivity contribution < 1.29 is 30.7 Å². The molecule has 196 valence electrons. The molecule has 0 aliphatic rings. The number of esters is 1. The maximum Gasteiger partial charge on any atom is 0.334 e. The lowest BCUT2D eigenvalue weighted by atomic mass is 10.2. The Balaban J connectivity index is 6.70. The van der Waals surface area contributed by atoms with Gasteiger partial charge < -0.3 is 25.9 Å². The van der Waals surface area contributed by atoms with Crippen molar-refractivity contribution in [3.05, 3.63) is 12.7 Å². The van der Waals surface area contributed by atoms with Crippen LogP contribution in [0.25, 0.3) is 0 Å². The first-order valence-electron chi connectivity index (χ1n) is 11.6. The van der Waals surface area contributed by atoms with E-state index >= 15 is 0 Å². The highest BCUT2D eigenvalue weighted by atomic mass is 29.2. The summed E-state index contributed by atoms with van der Waals surface area (Å²) in [4.78, 5) is 12.5. The third kappa shape index (κ3) is 14.0. The molecule has 0 bridgehead atoms. The third-order valence-corrected chi connectivity index (χ3v) is 23.8. The molecule has 0 heterocycles. The van der Waals surface area contributed by atoms with Gasteiger partial charge >= 0.3 is 20.0 Å². The van der Waals surface area contributed by atoms with Crippen molar-refractivity contribution in [1.29, 1.82) is 0 Å². The van der Waals surface area contributed by atoms with Gasteiger partial charge in [-0.1, -0.05) is 13.5 Å². The van der Waals surface area contributed by atoms with Gasteiger partial charge in [-0.25, -0.2) is 4.79 Å². The average Bonchev–Trinajstić information content (AvgIpc) is 2.47. The van der Waals surface area contributed by atoms with Crippen molar-refractivity contribution in [2.45, 2.75) is 97.5 Å². The van der Waals surface area contributed by atoms with E-state index in [9.17, 15) is 4.79 Å². The van der Waals surface area contributed by atoms with Crippen LogP contribution in [0.15, 0.2) is 12.7 Å². The van der Waals surface area contributed by atoms with Crippen LogP contribution in [0.1, 0.15) is 6.92 Å². The van der Waals surface area contributed by atoms with Gasteiger partial charge in [-0.15, -0.1) is 0 Å². The lowest BCUT2D eigenvalue weighted by molar-refractivity contribution is -0.315. The van der Waals surface area contributed by atoms with Gasteiger partial charge in [-0.2, -0.15) is 0 Å². The normalized spacial score (nSPS) is 15.8. The lowest BCUT2D eigenvalue weighted by Gasteiger charge is -2.48. The van der Waals surface area contributed by atoms with Crippen LogP contribution in [-0.2, 0) is 30.7 Å². The van der Waals surface area contributed by atoms with Gasteiger partial charge in [0, 0.05) is 6.08 Å². The van der Waals surface area contributed by atoms with E-state index in [4.69, 9.17) is 25.9 Å². The van der Waals surface area contributed by atoms with Crippen LogP contribution in [0.3, 0.4) is 0 Å². The predicted molar refractivity (Wildman–Crippen MR) is 156 cm³/mol. The molecule has 0 aromatic rings. The van der Waals surface area contributed by atoms with E-state index in [-0.39, 0.29) is 5.92 Å². The first-order valence-corrected chi connectivity index (χ1v) is 31.0. The summed E-state index contributed by atoms with van der Waals surface area (Å²) in [7, 11) is -11.4. The zero-order valence-corrected chi connectivity index (χ0v) is 32.0. The first kappa shape index (κ1) is 33.5. The van der Waals surface area contributed by atoms with Crippen molar-refractivity contribution >= 4 is 67.1 Å². The minimum atomic E-state index is -2.72. The average molecular weight is 587 g/mol. The summed E-state index contributed by atoms with van der Waals surface area (Å²) in [6, 6.07) is 0.593. The van der Waals surface area contributed by atoms with Crippen molar-refractivity contribution in [1.82, 2.24) is 0 Å². The Labute approximate surface area is 213 Å². The molecular weight excluding hydrogens is 537 g/mol. The lowest BCUT2D eigenvalue weighted by Crippen LogP contribution is -2.63. The highest BCUT2D eigenvalue weighted by molar-refractivity contribution is 7.20. The van der Waals surface area contributed by atoms with Crippen LogP contribution in [0.4, 0.5) is 0 Å². The minimum absolute atomic E-state index is 0.302. The van der Waals surface area contributed by atoms with E-state index in [0.717, 1.165) is 0 Å².